The largest absolute Gasteiger partial charge is 0.335 e. The summed E-state index contributed by atoms with van der Waals surface area (Å²) in [6.07, 6.45) is 1.50. The second-order valence-electron chi connectivity index (χ2n) is 10.3. The van der Waals surface area contributed by atoms with Gasteiger partial charge in [0.2, 0.25) is 10.0 Å². The van der Waals surface area contributed by atoms with Gasteiger partial charge >= 0.3 is 0 Å². The van der Waals surface area contributed by atoms with E-state index < -0.39 is 10.0 Å². The van der Waals surface area contributed by atoms with Crippen LogP contribution in [0.25, 0.3) is 0 Å². The molecule has 1 aliphatic carbocycles. The first-order valence-electron chi connectivity index (χ1n) is 13.2. The molecule has 0 heterocycles. The number of halogens is 3. The van der Waals surface area contributed by atoms with Gasteiger partial charge in [-0.2, -0.15) is 4.31 Å². The smallest absolute Gasteiger partial charge is 0.255 e. The number of hydrogen-bond acceptors (Lipinski definition) is 3. The molecule has 0 saturated heterocycles. The summed E-state index contributed by atoms with van der Waals surface area (Å²) in [5.74, 6) is -0.233. The fraction of sp³-hybridized carbons (Fsp3) is 0.219. The Hall–Kier alpha value is -2.87. The molecule has 5 nitrogen and oxygen atoms in total. The molecule has 41 heavy (non-hydrogen) atoms. The van der Waals surface area contributed by atoms with E-state index in [0.717, 1.165) is 28.7 Å². The van der Waals surface area contributed by atoms with Crippen LogP contribution in [0.15, 0.2) is 95.9 Å². The third-order valence-electron chi connectivity index (χ3n) is 7.72. The minimum Gasteiger partial charge on any atom is -0.335 e. The normalized spacial score (nSPS) is 16.8. The Balaban J connectivity index is 1.42. The third kappa shape index (κ3) is 6.04. The van der Waals surface area contributed by atoms with Gasteiger partial charge in [0.25, 0.3) is 5.91 Å². The number of carbonyl (C=O) groups excluding carboxylic acids is 1. The number of sulfonamides is 1. The van der Waals surface area contributed by atoms with Crippen molar-refractivity contribution in [2.24, 2.45) is 0 Å². The Bertz CT molecular complexity index is 1700. The number of nitrogens with zero attached hydrogens (tertiary/aromatic N) is 2. The maximum atomic E-state index is 13.8. The van der Waals surface area contributed by atoms with Crippen LogP contribution >= 0.6 is 34.8 Å². The maximum Gasteiger partial charge on any atom is 0.255 e. The van der Waals surface area contributed by atoms with Crippen LogP contribution in [-0.2, 0) is 16.6 Å². The van der Waals surface area contributed by atoms with Crippen molar-refractivity contribution in [1.29, 1.82) is 0 Å². The zero-order valence-electron chi connectivity index (χ0n) is 22.6. The Morgan fingerprint density at radius 2 is 1.44 bits per heavy atom. The van der Waals surface area contributed by atoms with Crippen molar-refractivity contribution < 1.29 is 13.2 Å². The van der Waals surface area contributed by atoms with Gasteiger partial charge in [0.05, 0.1) is 31.6 Å². The van der Waals surface area contributed by atoms with Gasteiger partial charge < -0.3 is 4.90 Å². The Kier molecular flexibility index (Phi) is 8.78. The van der Waals surface area contributed by atoms with E-state index in [9.17, 15) is 13.2 Å². The van der Waals surface area contributed by atoms with Gasteiger partial charge in [0.1, 0.15) is 0 Å². The topological polar surface area (TPSA) is 57.7 Å². The van der Waals surface area contributed by atoms with Crippen LogP contribution in [0.2, 0.25) is 15.1 Å². The SMILES string of the molecule is CN(C(=O)c1cc(S(=O)(=O)N(C)Cc2ccccc2)ccc1Cl)[C@H]1CC[C@@H](c2ccc(Cl)c(Cl)c2)c2ccccc21. The van der Waals surface area contributed by atoms with Crippen LogP contribution in [0.5, 0.6) is 0 Å². The molecule has 0 aliphatic heterocycles. The summed E-state index contributed by atoms with van der Waals surface area (Å²) in [5.41, 5.74) is 4.23. The quantitative estimate of drug-likeness (QED) is 0.208. The fourth-order valence-electron chi connectivity index (χ4n) is 5.51. The van der Waals surface area contributed by atoms with E-state index in [1.165, 1.54) is 29.6 Å². The van der Waals surface area contributed by atoms with Crippen molar-refractivity contribution >= 4 is 50.7 Å². The molecule has 4 aromatic carbocycles. The zero-order valence-corrected chi connectivity index (χ0v) is 25.7. The summed E-state index contributed by atoms with van der Waals surface area (Å²) in [7, 11) is -0.610. The summed E-state index contributed by atoms with van der Waals surface area (Å²) in [6, 6.07) is 27.2. The van der Waals surface area contributed by atoms with Crippen LogP contribution in [0.1, 0.15) is 57.4 Å². The highest BCUT2D eigenvalue weighted by atomic mass is 35.5. The van der Waals surface area contributed by atoms with Gasteiger partial charge in [-0.25, -0.2) is 8.42 Å². The highest BCUT2D eigenvalue weighted by molar-refractivity contribution is 7.89. The Labute approximate surface area is 256 Å². The molecule has 2 atom stereocenters. The first kappa shape index (κ1) is 29.6. The molecule has 0 unspecified atom stereocenters. The molecule has 0 fully saturated rings. The van der Waals surface area contributed by atoms with Crippen molar-refractivity contribution in [3.05, 3.63) is 134 Å². The summed E-state index contributed by atoms with van der Waals surface area (Å²) >= 11 is 19.0. The molecule has 0 saturated carbocycles. The first-order valence-corrected chi connectivity index (χ1v) is 15.8. The third-order valence-corrected chi connectivity index (χ3v) is 10.6. The number of amides is 1. The van der Waals surface area contributed by atoms with Gasteiger partial charge in [-0.05, 0) is 65.4 Å². The van der Waals surface area contributed by atoms with E-state index in [2.05, 4.69) is 6.07 Å². The fourth-order valence-corrected chi connectivity index (χ4v) is 7.20. The van der Waals surface area contributed by atoms with Crippen molar-refractivity contribution in [2.45, 2.75) is 36.2 Å². The zero-order chi connectivity index (χ0) is 29.3. The standard InChI is InChI=1S/C32H29Cl3N2O3S/c1-36(20-21-8-4-3-5-9-21)41(39,40)23-13-16-28(33)27(19-23)32(38)37(2)31-17-14-24(25-10-6-7-11-26(25)31)22-12-15-29(34)30(35)18-22/h3-13,15-16,18-19,24,31H,14,17,20H2,1-2H3/t24-,31-/m0/s1. The minimum absolute atomic E-state index is 0.0146. The van der Waals surface area contributed by atoms with E-state index >= 15 is 0 Å². The van der Waals surface area contributed by atoms with Crippen LogP contribution < -0.4 is 0 Å². The molecule has 1 aliphatic rings. The van der Waals surface area contributed by atoms with Gasteiger partial charge in [-0.15, -0.1) is 0 Å². The highest BCUT2D eigenvalue weighted by Gasteiger charge is 2.33. The summed E-state index contributed by atoms with van der Waals surface area (Å²) in [6.45, 7) is 0.202. The molecule has 4 aromatic rings. The van der Waals surface area contributed by atoms with Crippen LogP contribution in [0, 0.1) is 0 Å². The van der Waals surface area contributed by atoms with E-state index in [-0.39, 0.29) is 39.9 Å². The van der Waals surface area contributed by atoms with E-state index in [1.54, 1.807) is 11.9 Å². The highest BCUT2D eigenvalue weighted by Crippen LogP contribution is 2.44. The van der Waals surface area contributed by atoms with Crippen molar-refractivity contribution in [1.82, 2.24) is 9.21 Å². The maximum absolute atomic E-state index is 13.8. The second-order valence-corrected chi connectivity index (χ2v) is 13.5. The molecule has 0 radical (unpaired) electrons. The lowest BCUT2D eigenvalue weighted by atomic mass is 9.76. The number of carbonyl (C=O) groups is 1. The van der Waals surface area contributed by atoms with Crippen LogP contribution in [0.4, 0.5) is 0 Å². The monoisotopic (exact) mass is 626 g/mol. The summed E-state index contributed by atoms with van der Waals surface area (Å²) in [4.78, 5) is 15.5. The van der Waals surface area contributed by atoms with Crippen molar-refractivity contribution in [2.75, 3.05) is 14.1 Å². The summed E-state index contributed by atoms with van der Waals surface area (Å²) in [5, 5.41) is 1.22. The average Bonchev–Trinajstić information content (AvgIpc) is 2.98. The average molecular weight is 628 g/mol. The Morgan fingerprint density at radius 1 is 0.780 bits per heavy atom. The first-order chi connectivity index (χ1) is 19.6. The van der Waals surface area contributed by atoms with Gasteiger partial charge in [0.15, 0.2) is 0 Å². The Morgan fingerprint density at radius 3 is 2.15 bits per heavy atom. The summed E-state index contributed by atoms with van der Waals surface area (Å²) < 4.78 is 28.1. The molecule has 5 rings (SSSR count). The number of rotatable bonds is 7. The predicted octanol–water partition coefficient (Wildman–Crippen LogP) is 8.21. The molecule has 212 valence electrons. The van der Waals surface area contributed by atoms with Crippen molar-refractivity contribution in [3.63, 3.8) is 0 Å². The number of benzene rings is 4. The van der Waals surface area contributed by atoms with E-state index in [0.29, 0.717) is 16.5 Å². The lowest BCUT2D eigenvalue weighted by Crippen LogP contribution is -2.34. The number of hydrogen-bond donors (Lipinski definition) is 0. The van der Waals surface area contributed by atoms with Gasteiger partial charge in [-0.3, -0.25) is 4.79 Å². The molecule has 0 N–H and O–H groups in total. The molecule has 0 bridgehead atoms. The van der Waals surface area contributed by atoms with E-state index in [1.807, 2.05) is 66.7 Å². The lowest BCUT2D eigenvalue weighted by molar-refractivity contribution is 0.0712. The molecular weight excluding hydrogens is 599 g/mol. The van der Waals surface area contributed by atoms with Gasteiger partial charge in [0, 0.05) is 26.6 Å². The van der Waals surface area contributed by atoms with E-state index in [4.69, 9.17) is 34.8 Å². The minimum atomic E-state index is -3.87. The molecule has 0 aromatic heterocycles. The second kappa shape index (κ2) is 12.2. The molecular formula is C32H29Cl3N2O3S. The molecule has 9 heteroatoms. The van der Waals surface area contributed by atoms with Crippen molar-refractivity contribution in [3.8, 4) is 0 Å². The van der Waals surface area contributed by atoms with Crippen LogP contribution in [-0.4, -0.2) is 37.6 Å². The van der Waals surface area contributed by atoms with Gasteiger partial charge in [-0.1, -0.05) is 95.5 Å². The molecule has 1 amide bonds. The van der Waals surface area contributed by atoms with Crippen LogP contribution in [0.3, 0.4) is 0 Å². The number of fused-ring (bicyclic) bond motifs is 1. The molecule has 0 spiro atoms. The lowest BCUT2D eigenvalue weighted by Gasteiger charge is -2.37. The predicted molar refractivity (Wildman–Crippen MR) is 165 cm³/mol.